The first-order chi connectivity index (χ1) is 9.42. The van der Waals surface area contributed by atoms with Crippen molar-refractivity contribution in [3.05, 3.63) is 60.7 Å². The van der Waals surface area contributed by atoms with E-state index in [0.717, 1.165) is 31.7 Å². The Morgan fingerprint density at radius 3 is 2.47 bits per heavy atom. The Morgan fingerprint density at radius 1 is 1.00 bits per heavy atom. The Balaban J connectivity index is 1.55. The minimum Gasteiger partial charge on any atom is -0.490 e. The van der Waals surface area contributed by atoms with Gasteiger partial charge >= 0.3 is 0 Å². The van der Waals surface area contributed by atoms with Crippen molar-refractivity contribution in [2.24, 2.45) is 0 Å². The maximum absolute atomic E-state index is 6.01. The number of rotatable bonds is 3. The van der Waals surface area contributed by atoms with Crippen LogP contribution in [-0.2, 0) is 0 Å². The maximum atomic E-state index is 6.01. The molecule has 0 aliphatic carbocycles. The van der Waals surface area contributed by atoms with Gasteiger partial charge in [0.25, 0.3) is 0 Å². The van der Waals surface area contributed by atoms with Gasteiger partial charge < -0.3 is 9.64 Å². The fourth-order valence-corrected chi connectivity index (χ4v) is 2.50. The fourth-order valence-electron chi connectivity index (χ4n) is 2.50. The van der Waals surface area contributed by atoms with Crippen LogP contribution in [0, 0.1) is 6.07 Å². The molecule has 2 heteroatoms. The highest BCUT2D eigenvalue weighted by Crippen LogP contribution is 2.22. The Labute approximate surface area is 114 Å². The number of hydrogen-bond donors (Lipinski definition) is 0. The molecule has 1 heterocycles. The van der Waals surface area contributed by atoms with Gasteiger partial charge in [-0.25, -0.2) is 0 Å². The molecule has 0 atom stereocenters. The second-order valence-electron chi connectivity index (χ2n) is 4.88. The molecule has 2 nitrogen and oxygen atoms in total. The number of piperidine rings is 1. The molecule has 0 unspecified atom stereocenters. The summed E-state index contributed by atoms with van der Waals surface area (Å²) >= 11 is 0. The largest absolute Gasteiger partial charge is 0.490 e. The van der Waals surface area contributed by atoms with Gasteiger partial charge in [-0.15, -0.1) is 0 Å². The summed E-state index contributed by atoms with van der Waals surface area (Å²) in [6, 6.07) is 21.4. The fraction of sp³-hybridized carbons (Fsp3) is 0.294. The summed E-state index contributed by atoms with van der Waals surface area (Å²) in [6.45, 7) is 2.10. The highest BCUT2D eigenvalue weighted by Gasteiger charge is 2.20. The molecule has 0 spiro atoms. The van der Waals surface area contributed by atoms with Crippen LogP contribution in [0.1, 0.15) is 12.8 Å². The first kappa shape index (κ1) is 12.1. The first-order valence-electron chi connectivity index (χ1n) is 6.84. The monoisotopic (exact) mass is 252 g/mol. The third-order valence-corrected chi connectivity index (χ3v) is 3.54. The quantitative estimate of drug-likeness (QED) is 0.828. The molecule has 0 bridgehead atoms. The van der Waals surface area contributed by atoms with Crippen LogP contribution in [0.2, 0.25) is 0 Å². The van der Waals surface area contributed by atoms with Crippen molar-refractivity contribution < 1.29 is 4.74 Å². The van der Waals surface area contributed by atoms with Crippen molar-refractivity contribution in [2.45, 2.75) is 18.9 Å². The van der Waals surface area contributed by atoms with Gasteiger partial charge in [-0.05, 0) is 30.3 Å². The minimum atomic E-state index is 0.339. The van der Waals surface area contributed by atoms with Gasteiger partial charge in [0.15, 0.2) is 0 Å². The molecule has 2 aromatic rings. The van der Waals surface area contributed by atoms with E-state index in [1.54, 1.807) is 0 Å². The van der Waals surface area contributed by atoms with Crippen LogP contribution < -0.4 is 9.64 Å². The summed E-state index contributed by atoms with van der Waals surface area (Å²) in [5, 5.41) is 0. The highest BCUT2D eigenvalue weighted by atomic mass is 16.5. The molecule has 1 saturated heterocycles. The van der Waals surface area contributed by atoms with Gasteiger partial charge in [0.1, 0.15) is 11.9 Å². The van der Waals surface area contributed by atoms with E-state index < -0.39 is 0 Å². The number of nitrogens with zero attached hydrogens (tertiary/aromatic N) is 1. The Kier molecular flexibility index (Phi) is 3.68. The van der Waals surface area contributed by atoms with E-state index in [9.17, 15) is 0 Å². The zero-order chi connectivity index (χ0) is 12.9. The molecule has 0 aromatic heterocycles. The van der Waals surface area contributed by atoms with Crippen LogP contribution in [-0.4, -0.2) is 19.2 Å². The molecular weight excluding hydrogens is 234 g/mol. The molecule has 0 N–H and O–H groups in total. The molecule has 1 fully saturated rings. The van der Waals surface area contributed by atoms with Gasteiger partial charge in [0.2, 0.25) is 0 Å². The Morgan fingerprint density at radius 2 is 1.79 bits per heavy atom. The topological polar surface area (TPSA) is 12.5 Å². The zero-order valence-corrected chi connectivity index (χ0v) is 11.0. The molecule has 0 saturated carbocycles. The number of anilines is 1. The van der Waals surface area contributed by atoms with E-state index in [4.69, 9.17) is 4.74 Å². The third kappa shape index (κ3) is 3.08. The van der Waals surface area contributed by atoms with Crippen molar-refractivity contribution in [1.82, 2.24) is 0 Å². The first-order valence-corrected chi connectivity index (χ1v) is 6.84. The predicted octanol–water partition coefficient (Wildman–Crippen LogP) is 3.53. The van der Waals surface area contributed by atoms with Gasteiger partial charge in [0.05, 0.1) is 0 Å². The van der Waals surface area contributed by atoms with Crippen molar-refractivity contribution in [2.75, 3.05) is 18.0 Å². The second-order valence-corrected chi connectivity index (χ2v) is 4.88. The number of para-hydroxylation sites is 1. The molecule has 3 rings (SSSR count). The summed E-state index contributed by atoms with van der Waals surface area (Å²) in [5.74, 6) is 0.981. The maximum Gasteiger partial charge on any atom is 0.119 e. The highest BCUT2D eigenvalue weighted by molar-refractivity contribution is 5.45. The summed E-state index contributed by atoms with van der Waals surface area (Å²) in [5.41, 5.74) is 1.26. The third-order valence-electron chi connectivity index (χ3n) is 3.54. The number of ether oxygens (including phenoxy) is 1. The summed E-state index contributed by atoms with van der Waals surface area (Å²) in [7, 11) is 0. The van der Waals surface area contributed by atoms with Gasteiger partial charge in [-0.2, -0.15) is 0 Å². The lowest BCUT2D eigenvalue weighted by atomic mass is 10.1. The average molecular weight is 252 g/mol. The van der Waals surface area contributed by atoms with Gasteiger partial charge in [0, 0.05) is 31.6 Å². The molecule has 97 valence electrons. The van der Waals surface area contributed by atoms with E-state index in [0.29, 0.717) is 6.10 Å². The van der Waals surface area contributed by atoms with E-state index >= 15 is 0 Å². The average Bonchev–Trinajstić information content (AvgIpc) is 2.50. The Bertz CT molecular complexity index is 489. The zero-order valence-electron chi connectivity index (χ0n) is 11.0. The number of benzene rings is 2. The van der Waals surface area contributed by atoms with Gasteiger partial charge in [-0.3, -0.25) is 0 Å². The Hall–Kier alpha value is -1.96. The van der Waals surface area contributed by atoms with Crippen molar-refractivity contribution in [3.8, 4) is 5.75 Å². The van der Waals surface area contributed by atoms with Crippen LogP contribution in [0.25, 0.3) is 0 Å². The van der Waals surface area contributed by atoms with Crippen molar-refractivity contribution in [3.63, 3.8) is 0 Å². The summed E-state index contributed by atoms with van der Waals surface area (Å²) in [6.07, 6.45) is 2.49. The summed E-state index contributed by atoms with van der Waals surface area (Å²) in [4.78, 5) is 2.40. The van der Waals surface area contributed by atoms with Crippen molar-refractivity contribution >= 4 is 5.69 Å². The van der Waals surface area contributed by atoms with Gasteiger partial charge in [-0.1, -0.05) is 30.3 Å². The van der Waals surface area contributed by atoms with Crippen LogP contribution in [0.4, 0.5) is 5.69 Å². The molecule has 1 aliphatic heterocycles. The lowest BCUT2D eigenvalue weighted by Crippen LogP contribution is -2.38. The van der Waals surface area contributed by atoms with Crippen LogP contribution in [0.15, 0.2) is 54.6 Å². The molecule has 2 aromatic carbocycles. The van der Waals surface area contributed by atoms with Crippen LogP contribution in [0.3, 0.4) is 0 Å². The van der Waals surface area contributed by atoms with E-state index in [1.807, 2.05) is 42.5 Å². The second kappa shape index (κ2) is 5.79. The normalized spacial score (nSPS) is 16.3. The van der Waals surface area contributed by atoms with E-state index in [1.165, 1.54) is 5.69 Å². The molecule has 1 radical (unpaired) electrons. The SMILES string of the molecule is [c]1cccc(N2CCC(Oc3ccccc3)CC2)c1. The van der Waals surface area contributed by atoms with Crippen LogP contribution in [0.5, 0.6) is 5.75 Å². The number of hydrogen-bond acceptors (Lipinski definition) is 2. The smallest absolute Gasteiger partial charge is 0.119 e. The lowest BCUT2D eigenvalue weighted by molar-refractivity contribution is 0.171. The summed E-state index contributed by atoms with van der Waals surface area (Å²) < 4.78 is 6.01. The van der Waals surface area contributed by atoms with E-state index in [2.05, 4.69) is 23.1 Å². The minimum absolute atomic E-state index is 0.339. The van der Waals surface area contributed by atoms with Crippen molar-refractivity contribution in [1.29, 1.82) is 0 Å². The molecule has 19 heavy (non-hydrogen) atoms. The van der Waals surface area contributed by atoms with Crippen LogP contribution >= 0.6 is 0 Å². The predicted molar refractivity (Wildman–Crippen MR) is 77.6 cm³/mol. The molecule has 0 amide bonds. The van der Waals surface area contributed by atoms with E-state index in [-0.39, 0.29) is 0 Å². The molecule has 1 aliphatic rings. The lowest BCUT2D eigenvalue weighted by Gasteiger charge is -2.33. The standard InChI is InChI=1S/C17H18NO/c1-3-7-15(8-4-1)18-13-11-17(12-14-18)19-16-9-5-2-6-10-16/h1-3,5-10,17H,11-14H2. The molecular formula is C17H18NO.